The fraction of sp³-hybridized carbons (Fsp3) is 0.357. The third kappa shape index (κ3) is 3.71. The van der Waals surface area contributed by atoms with E-state index in [0.29, 0.717) is 0 Å². The minimum Gasteiger partial charge on any atom is -0.491 e. The standard InChI is InChI=1S/C14H18N4O3/c1-8(2)20-11-6-4-10(5-7-11)9(3)16-14(19)12-13(15)18-21-17-12/h4-9H,1-3H3,(H2,15,18)(H,16,19). The van der Waals surface area contributed by atoms with Gasteiger partial charge in [0.05, 0.1) is 12.1 Å². The molecule has 1 aromatic carbocycles. The van der Waals surface area contributed by atoms with Crippen LogP contribution in [-0.2, 0) is 0 Å². The first-order valence-corrected chi connectivity index (χ1v) is 6.63. The Bertz CT molecular complexity index is 607. The largest absolute Gasteiger partial charge is 0.491 e. The van der Waals surface area contributed by atoms with Crippen LogP contribution in [0.25, 0.3) is 0 Å². The molecule has 112 valence electrons. The van der Waals surface area contributed by atoms with E-state index in [1.807, 2.05) is 45.0 Å². The number of nitrogen functional groups attached to an aromatic ring is 1. The molecule has 0 spiro atoms. The second-order valence-electron chi connectivity index (χ2n) is 4.93. The van der Waals surface area contributed by atoms with Crippen LogP contribution < -0.4 is 15.8 Å². The fourth-order valence-electron chi connectivity index (χ4n) is 1.81. The van der Waals surface area contributed by atoms with Gasteiger partial charge in [-0.2, -0.15) is 0 Å². The molecule has 2 rings (SSSR count). The van der Waals surface area contributed by atoms with Gasteiger partial charge in [-0.1, -0.05) is 12.1 Å². The lowest BCUT2D eigenvalue weighted by Crippen LogP contribution is -2.27. The predicted molar refractivity (Wildman–Crippen MR) is 76.8 cm³/mol. The summed E-state index contributed by atoms with van der Waals surface area (Å²) in [5.74, 6) is 0.335. The van der Waals surface area contributed by atoms with Gasteiger partial charge in [-0.15, -0.1) is 0 Å². The van der Waals surface area contributed by atoms with E-state index in [9.17, 15) is 4.79 Å². The molecule has 0 bridgehead atoms. The second kappa shape index (κ2) is 6.25. The number of hydrogen-bond acceptors (Lipinski definition) is 6. The van der Waals surface area contributed by atoms with Crippen molar-refractivity contribution < 1.29 is 14.2 Å². The van der Waals surface area contributed by atoms with Gasteiger partial charge < -0.3 is 15.8 Å². The van der Waals surface area contributed by atoms with Crippen LogP contribution in [0, 0.1) is 0 Å². The Kier molecular flexibility index (Phi) is 4.42. The molecular formula is C14H18N4O3. The first-order chi connectivity index (χ1) is 9.97. The number of carbonyl (C=O) groups excluding carboxylic acids is 1. The average Bonchev–Trinajstić information content (AvgIpc) is 2.85. The van der Waals surface area contributed by atoms with Crippen LogP contribution in [0.5, 0.6) is 5.75 Å². The van der Waals surface area contributed by atoms with E-state index < -0.39 is 5.91 Å². The smallest absolute Gasteiger partial charge is 0.277 e. The zero-order valence-electron chi connectivity index (χ0n) is 12.2. The van der Waals surface area contributed by atoms with Gasteiger partial charge in [0.1, 0.15) is 5.75 Å². The fourth-order valence-corrected chi connectivity index (χ4v) is 1.81. The first-order valence-electron chi connectivity index (χ1n) is 6.63. The number of carbonyl (C=O) groups is 1. The summed E-state index contributed by atoms with van der Waals surface area (Å²) >= 11 is 0. The molecule has 1 aromatic heterocycles. The van der Waals surface area contributed by atoms with Gasteiger partial charge in [-0.05, 0) is 48.8 Å². The zero-order chi connectivity index (χ0) is 15.4. The molecule has 0 aliphatic carbocycles. The number of amides is 1. The minimum absolute atomic E-state index is 0.0124. The Hall–Kier alpha value is -2.57. The third-order valence-corrected chi connectivity index (χ3v) is 2.83. The highest BCUT2D eigenvalue weighted by atomic mass is 16.6. The molecule has 2 aromatic rings. The second-order valence-corrected chi connectivity index (χ2v) is 4.93. The number of nitrogens with zero attached hydrogens (tertiary/aromatic N) is 2. The summed E-state index contributed by atoms with van der Waals surface area (Å²) in [6.45, 7) is 5.79. The topological polar surface area (TPSA) is 103 Å². The van der Waals surface area contributed by atoms with Gasteiger partial charge in [0.15, 0.2) is 0 Å². The van der Waals surface area contributed by atoms with Crippen LogP contribution in [0.3, 0.4) is 0 Å². The van der Waals surface area contributed by atoms with Crippen LogP contribution in [0.4, 0.5) is 5.82 Å². The van der Waals surface area contributed by atoms with Crippen molar-refractivity contribution in [2.24, 2.45) is 0 Å². The number of nitrogens with one attached hydrogen (secondary N) is 1. The normalized spacial score (nSPS) is 12.2. The van der Waals surface area contributed by atoms with Crippen molar-refractivity contribution in [1.29, 1.82) is 0 Å². The van der Waals surface area contributed by atoms with Crippen LogP contribution in [0.1, 0.15) is 42.9 Å². The van der Waals surface area contributed by atoms with Crippen LogP contribution >= 0.6 is 0 Å². The molecule has 0 saturated heterocycles. The number of benzene rings is 1. The monoisotopic (exact) mass is 290 g/mol. The van der Waals surface area contributed by atoms with Gasteiger partial charge in [-0.3, -0.25) is 4.79 Å². The van der Waals surface area contributed by atoms with Crippen molar-refractivity contribution in [2.75, 3.05) is 5.73 Å². The number of nitrogens with two attached hydrogens (primary N) is 1. The Balaban J connectivity index is 2.01. The van der Waals surface area contributed by atoms with E-state index in [4.69, 9.17) is 10.5 Å². The number of rotatable bonds is 5. The molecule has 0 aliphatic heterocycles. The van der Waals surface area contributed by atoms with Gasteiger partial charge >= 0.3 is 0 Å². The van der Waals surface area contributed by atoms with Gasteiger partial charge in [0.25, 0.3) is 5.91 Å². The van der Waals surface area contributed by atoms with Crippen LogP contribution in [0.15, 0.2) is 28.9 Å². The highest BCUT2D eigenvalue weighted by Crippen LogP contribution is 2.19. The molecule has 0 fully saturated rings. The summed E-state index contributed by atoms with van der Waals surface area (Å²) in [7, 11) is 0. The van der Waals surface area contributed by atoms with Crippen molar-refractivity contribution >= 4 is 11.7 Å². The molecule has 0 radical (unpaired) electrons. The zero-order valence-corrected chi connectivity index (χ0v) is 12.2. The molecule has 0 saturated carbocycles. The van der Waals surface area contributed by atoms with Gasteiger partial charge in [0.2, 0.25) is 11.5 Å². The highest BCUT2D eigenvalue weighted by molar-refractivity contribution is 5.96. The highest BCUT2D eigenvalue weighted by Gasteiger charge is 2.18. The molecule has 3 N–H and O–H groups in total. The number of anilines is 1. The van der Waals surface area contributed by atoms with E-state index in [0.717, 1.165) is 11.3 Å². The molecule has 7 nitrogen and oxygen atoms in total. The van der Waals surface area contributed by atoms with Crippen molar-refractivity contribution in [3.05, 3.63) is 35.5 Å². The third-order valence-electron chi connectivity index (χ3n) is 2.83. The van der Waals surface area contributed by atoms with E-state index in [2.05, 4.69) is 20.3 Å². The van der Waals surface area contributed by atoms with Gasteiger partial charge in [-0.25, -0.2) is 4.63 Å². The molecule has 0 aliphatic rings. The van der Waals surface area contributed by atoms with Crippen molar-refractivity contribution in [2.45, 2.75) is 32.9 Å². The molecule has 1 atom stereocenters. The lowest BCUT2D eigenvalue weighted by molar-refractivity contribution is 0.0930. The van der Waals surface area contributed by atoms with Crippen LogP contribution in [0.2, 0.25) is 0 Å². The quantitative estimate of drug-likeness (QED) is 0.872. The van der Waals surface area contributed by atoms with Crippen molar-refractivity contribution in [1.82, 2.24) is 15.6 Å². The van der Waals surface area contributed by atoms with E-state index in [-0.39, 0.29) is 23.7 Å². The maximum atomic E-state index is 11.9. The molecular weight excluding hydrogens is 272 g/mol. The Morgan fingerprint density at radius 2 is 1.90 bits per heavy atom. The molecule has 7 heteroatoms. The summed E-state index contributed by atoms with van der Waals surface area (Å²) in [6, 6.07) is 7.32. The van der Waals surface area contributed by atoms with Gasteiger partial charge in [0, 0.05) is 0 Å². The average molecular weight is 290 g/mol. The van der Waals surface area contributed by atoms with E-state index in [1.54, 1.807) is 0 Å². The maximum absolute atomic E-state index is 11.9. The lowest BCUT2D eigenvalue weighted by Gasteiger charge is -2.15. The number of hydrogen-bond donors (Lipinski definition) is 2. The Morgan fingerprint density at radius 1 is 1.24 bits per heavy atom. The summed E-state index contributed by atoms with van der Waals surface area (Å²) in [5, 5.41) is 9.61. The lowest BCUT2D eigenvalue weighted by atomic mass is 10.1. The number of aromatic nitrogens is 2. The Labute approximate surface area is 122 Å². The first kappa shape index (κ1) is 14.8. The summed E-state index contributed by atoms with van der Waals surface area (Å²) < 4.78 is 9.97. The number of ether oxygens (including phenoxy) is 1. The molecule has 1 heterocycles. The molecule has 1 unspecified atom stereocenters. The summed E-state index contributed by atoms with van der Waals surface area (Å²) in [4.78, 5) is 11.9. The summed E-state index contributed by atoms with van der Waals surface area (Å²) in [6.07, 6.45) is 0.121. The Morgan fingerprint density at radius 3 is 2.43 bits per heavy atom. The van der Waals surface area contributed by atoms with Crippen molar-refractivity contribution in [3.8, 4) is 5.75 Å². The molecule has 1 amide bonds. The molecule has 21 heavy (non-hydrogen) atoms. The predicted octanol–water partition coefficient (Wildman–Crippen LogP) is 1.93. The SMILES string of the molecule is CC(C)Oc1ccc(C(C)NC(=O)c2nonc2N)cc1. The van der Waals surface area contributed by atoms with Crippen LogP contribution in [-0.4, -0.2) is 22.3 Å². The van der Waals surface area contributed by atoms with E-state index >= 15 is 0 Å². The minimum atomic E-state index is -0.427. The maximum Gasteiger partial charge on any atom is 0.277 e. The van der Waals surface area contributed by atoms with Crippen molar-refractivity contribution in [3.63, 3.8) is 0 Å². The van der Waals surface area contributed by atoms with E-state index in [1.165, 1.54) is 0 Å². The summed E-state index contributed by atoms with van der Waals surface area (Å²) in [5.41, 5.74) is 6.40.